The van der Waals surface area contributed by atoms with Crippen molar-refractivity contribution in [1.82, 2.24) is 0 Å². The second-order valence-corrected chi connectivity index (χ2v) is 12.1. The number of benzene rings is 2. The fraction of sp³-hybridized carbons (Fsp3) is 0.0667. The van der Waals surface area contributed by atoms with Gasteiger partial charge in [-0.25, -0.2) is 9.59 Å². The first-order chi connectivity index (χ1) is 12.9. The smallest absolute Gasteiger partial charge is 0.340 e. The first-order valence-corrected chi connectivity index (χ1v) is 13.8. The summed E-state index contributed by atoms with van der Waals surface area (Å²) in [6.07, 6.45) is 0. The average Bonchev–Trinajstić information content (AvgIpc) is 2.65. The molecule has 0 aliphatic heterocycles. The van der Waals surface area contributed by atoms with Crippen molar-refractivity contribution in [2.45, 2.75) is 6.61 Å². The Bertz CT molecular complexity index is 991. The van der Waals surface area contributed by atoms with Crippen molar-refractivity contribution in [1.29, 1.82) is 0 Å². The first-order valence-electron chi connectivity index (χ1n) is 6.68. The fourth-order valence-corrected chi connectivity index (χ4v) is 7.82. The highest BCUT2D eigenvalue weighted by molar-refractivity contribution is 9.16. The highest BCUT2D eigenvalue weighted by Crippen LogP contribution is 2.45. The molecule has 2 rings (SSSR count). The number of carbonyl (C=O) groups is 2. The first kappa shape index (κ1) is 26.0. The summed E-state index contributed by atoms with van der Waals surface area (Å²) in [5.74, 6) is -2.07. The molecule has 0 saturated carbocycles. The van der Waals surface area contributed by atoms with Crippen LogP contribution < -0.4 is 0 Å². The average molecular weight is 966 g/mol. The molecule has 0 aromatic heterocycles. The quantitative estimate of drug-likeness (QED) is 0.189. The maximum absolute atomic E-state index is 12.8. The summed E-state index contributed by atoms with van der Waals surface area (Å²) < 4.78 is 10.5. The van der Waals surface area contributed by atoms with Gasteiger partial charge in [0.1, 0.15) is 6.61 Å². The molecule has 0 fully saturated rings. The molecule has 0 saturated heterocycles. The van der Waals surface area contributed by atoms with Crippen LogP contribution in [0.3, 0.4) is 0 Å². The summed E-state index contributed by atoms with van der Waals surface area (Å²) in [5.41, 5.74) is 0.318. The summed E-state index contributed by atoms with van der Waals surface area (Å²) in [7, 11) is 0. The zero-order valence-corrected chi connectivity index (χ0v) is 27.1. The number of carbonyl (C=O) groups excluding carboxylic acids is 1. The molecule has 0 atom stereocenters. The molecule has 0 aliphatic carbocycles. The summed E-state index contributed by atoms with van der Waals surface area (Å²) >= 11 is 30.4. The highest BCUT2D eigenvalue weighted by atomic mass is 79.9. The van der Waals surface area contributed by atoms with Crippen LogP contribution in [0.15, 0.2) is 40.3 Å². The minimum absolute atomic E-state index is 0.110. The van der Waals surface area contributed by atoms with Crippen LogP contribution in [0.25, 0.3) is 0 Å². The zero-order chi connectivity index (χ0) is 21.5. The van der Waals surface area contributed by atoms with Crippen LogP contribution in [0, 0.1) is 0 Å². The Kier molecular flexibility index (Phi) is 9.77. The lowest BCUT2D eigenvalue weighted by Crippen LogP contribution is -2.15. The second-order valence-electron chi connectivity index (χ2n) is 4.94. The van der Waals surface area contributed by atoms with Crippen molar-refractivity contribution in [3.8, 4) is 0 Å². The van der Waals surface area contributed by atoms with Crippen molar-refractivity contribution in [3.63, 3.8) is 0 Å². The van der Waals surface area contributed by atoms with Gasteiger partial charge in [0.25, 0.3) is 0 Å². The summed E-state index contributed by atoms with van der Waals surface area (Å²) in [4.78, 5) is 24.5. The minimum atomic E-state index is -1.27. The summed E-state index contributed by atoms with van der Waals surface area (Å²) in [5, 5.41) is 9.58. The molecule has 0 heterocycles. The van der Waals surface area contributed by atoms with Gasteiger partial charge < -0.3 is 9.84 Å². The van der Waals surface area contributed by atoms with Gasteiger partial charge in [-0.3, -0.25) is 0 Å². The summed E-state index contributed by atoms with van der Waals surface area (Å²) in [6.45, 7) is -0.110. The van der Waals surface area contributed by atoms with Crippen LogP contribution >= 0.6 is 143 Å². The number of hydrogen-bond acceptors (Lipinski definition) is 3. The van der Waals surface area contributed by atoms with Crippen molar-refractivity contribution < 1.29 is 19.4 Å². The standard InChI is InChI=1S/C15H3Br9O4/c16-5-2(6(17)10(21)13(24)9(5)20)1-28-15(27)4-3(14(25)26)7(18)11(22)12(23)8(4)19/h1H2,(H,25,26). The van der Waals surface area contributed by atoms with Crippen molar-refractivity contribution >= 4 is 155 Å². The SMILES string of the molecule is O=C(O)c1c(Br)c(Br)c(Br)c(Br)c1C(=O)OCc1c(Br)c(Br)c(Br)c(Br)c1Br. The molecule has 0 unspecified atom stereocenters. The Balaban J connectivity index is 2.50. The van der Waals surface area contributed by atoms with Crippen molar-refractivity contribution in [2.75, 3.05) is 0 Å². The van der Waals surface area contributed by atoms with E-state index < -0.39 is 11.9 Å². The van der Waals surface area contributed by atoms with E-state index in [0.717, 1.165) is 13.4 Å². The Hall–Kier alpha value is 1.70. The molecular weight excluding hydrogens is 963 g/mol. The maximum Gasteiger partial charge on any atom is 0.340 e. The number of aromatic carboxylic acids is 1. The molecule has 0 aliphatic rings. The lowest BCUT2D eigenvalue weighted by Gasteiger charge is -2.16. The lowest BCUT2D eigenvalue weighted by atomic mass is 10.1. The molecule has 13 heteroatoms. The van der Waals surface area contributed by atoms with E-state index >= 15 is 0 Å². The molecule has 0 bridgehead atoms. The van der Waals surface area contributed by atoms with Crippen molar-refractivity contribution in [2.24, 2.45) is 0 Å². The van der Waals surface area contributed by atoms with Crippen LogP contribution in [0.5, 0.6) is 0 Å². The molecule has 2 aromatic carbocycles. The number of hydrogen-bond donors (Lipinski definition) is 1. The van der Waals surface area contributed by atoms with E-state index in [1.54, 1.807) is 0 Å². The monoisotopic (exact) mass is 957 g/mol. The van der Waals surface area contributed by atoms with Gasteiger partial charge in [-0.05, 0) is 143 Å². The number of carboxylic acids is 1. The number of ether oxygens (including phenoxy) is 1. The van der Waals surface area contributed by atoms with E-state index in [1.807, 2.05) is 0 Å². The van der Waals surface area contributed by atoms with E-state index in [-0.39, 0.29) is 26.7 Å². The van der Waals surface area contributed by atoms with Gasteiger partial charge in [-0.1, -0.05) is 0 Å². The fourth-order valence-electron chi connectivity index (χ4n) is 2.01. The molecule has 28 heavy (non-hydrogen) atoms. The molecule has 1 N–H and O–H groups in total. The van der Waals surface area contributed by atoms with E-state index in [4.69, 9.17) is 4.74 Å². The highest BCUT2D eigenvalue weighted by Gasteiger charge is 2.29. The van der Waals surface area contributed by atoms with E-state index in [9.17, 15) is 14.7 Å². The lowest BCUT2D eigenvalue weighted by molar-refractivity contribution is 0.0460. The Morgan fingerprint density at radius 3 is 1.39 bits per heavy atom. The van der Waals surface area contributed by atoms with Crippen molar-refractivity contribution in [3.05, 3.63) is 56.9 Å². The number of esters is 1. The molecule has 2 aromatic rings. The van der Waals surface area contributed by atoms with Gasteiger partial charge in [0.2, 0.25) is 0 Å². The third kappa shape index (κ3) is 5.02. The molecule has 0 spiro atoms. The number of rotatable bonds is 4. The van der Waals surface area contributed by atoms with Gasteiger partial charge >= 0.3 is 11.9 Å². The van der Waals surface area contributed by atoms with Crippen LogP contribution in [-0.4, -0.2) is 17.0 Å². The van der Waals surface area contributed by atoms with E-state index in [2.05, 4.69) is 143 Å². The minimum Gasteiger partial charge on any atom is -0.478 e. The van der Waals surface area contributed by atoms with E-state index in [0.29, 0.717) is 23.5 Å². The normalized spacial score (nSPS) is 10.9. The topological polar surface area (TPSA) is 63.6 Å². The van der Waals surface area contributed by atoms with Crippen LogP contribution in [0.1, 0.15) is 26.3 Å². The predicted molar refractivity (Wildman–Crippen MR) is 138 cm³/mol. The third-order valence-corrected chi connectivity index (χ3v) is 14.4. The van der Waals surface area contributed by atoms with Gasteiger partial charge in [0.15, 0.2) is 0 Å². The molecule has 0 amide bonds. The Labute approximate surface area is 235 Å². The van der Waals surface area contributed by atoms with Crippen LogP contribution in [0.4, 0.5) is 0 Å². The van der Waals surface area contributed by atoms with Gasteiger partial charge in [0.05, 0.1) is 11.1 Å². The summed E-state index contributed by atoms with van der Waals surface area (Å²) in [6, 6.07) is 0. The van der Waals surface area contributed by atoms with Crippen LogP contribution in [-0.2, 0) is 11.3 Å². The predicted octanol–water partition coefficient (Wildman–Crippen LogP) is 9.60. The molecule has 0 radical (unpaired) electrons. The third-order valence-electron chi connectivity index (χ3n) is 3.33. The van der Waals surface area contributed by atoms with Gasteiger partial charge in [-0.2, -0.15) is 0 Å². The maximum atomic E-state index is 12.8. The molecular formula is C15H3Br9O4. The second kappa shape index (κ2) is 10.5. The number of carboxylic acid groups (broad SMARTS) is 1. The largest absolute Gasteiger partial charge is 0.478 e. The Morgan fingerprint density at radius 2 is 0.964 bits per heavy atom. The molecule has 4 nitrogen and oxygen atoms in total. The van der Waals surface area contributed by atoms with E-state index in [1.165, 1.54) is 0 Å². The van der Waals surface area contributed by atoms with Crippen LogP contribution in [0.2, 0.25) is 0 Å². The number of halogens is 9. The molecule has 150 valence electrons. The Morgan fingerprint density at radius 1 is 0.607 bits per heavy atom. The van der Waals surface area contributed by atoms with Gasteiger partial charge in [0, 0.05) is 45.8 Å². The zero-order valence-electron chi connectivity index (χ0n) is 12.8. The van der Waals surface area contributed by atoms with Gasteiger partial charge in [-0.15, -0.1) is 0 Å².